The van der Waals surface area contributed by atoms with Crippen LogP contribution in [0, 0.1) is 0 Å². The van der Waals surface area contributed by atoms with Gasteiger partial charge < -0.3 is 10.2 Å². The van der Waals surface area contributed by atoms with Crippen molar-refractivity contribution in [3.63, 3.8) is 0 Å². The standard InChI is InChI=1S/C14H25ClN4O/c1-5-19(6-2)9-7-8-11(3)17-12-10-16-18(4)14(20)13(12)15/h10-11,17H,5-9H2,1-4H3. The number of halogens is 1. The van der Waals surface area contributed by atoms with Gasteiger partial charge in [0.15, 0.2) is 0 Å². The molecule has 0 saturated carbocycles. The van der Waals surface area contributed by atoms with Crippen LogP contribution in [-0.4, -0.2) is 40.4 Å². The fourth-order valence-electron chi connectivity index (χ4n) is 2.11. The summed E-state index contributed by atoms with van der Waals surface area (Å²) in [5.41, 5.74) is 0.345. The Kier molecular flexibility index (Phi) is 7.02. The van der Waals surface area contributed by atoms with Crippen LogP contribution in [0.1, 0.15) is 33.6 Å². The van der Waals surface area contributed by atoms with Crippen molar-refractivity contribution in [3.05, 3.63) is 21.6 Å². The summed E-state index contributed by atoms with van der Waals surface area (Å²) in [6, 6.07) is 0.261. The van der Waals surface area contributed by atoms with E-state index < -0.39 is 0 Å². The SMILES string of the molecule is CCN(CC)CCCC(C)Nc1cnn(C)c(=O)c1Cl. The lowest BCUT2D eigenvalue weighted by atomic mass is 10.1. The van der Waals surface area contributed by atoms with Crippen LogP contribution in [0.4, 0.5) is 5.69 Å². The van der Waals surface area contributed by atoms with E-state index in [1.54, 1.807) is 13.2 Å². The van der Waals surface area contributed by atoms with Gasteiger partial charge >= 0.3 is 0 Å². The van der Waals surface area contributed by atoms with Crippen molar-refractivity contribution in [2.45, 2.75) is 39.7 Å². The summed E-state index contributed by atoms with van der Waals surface area (Å²) in [5.74, 6) is 0. The molecule has 0 radical (unpaired) electrons. The van der Waals surface area contributed by atoms with Crippen molar-refractivity contribution in [1.29, 1.82) is 0 Å². The van der Waals surface area contributed by atoms with E-state index in [0.717, 1.165) is 32.5 Å². The average molecular weight is 301 g/mol. The van der Waals surface area contributed by atoms with E-state index in [0.29, 0.717) is 5.69 Å². The summed E-state index contributed by atoms with van der Waals surface area (Å²) in [6.45, 7) is 9.72. The Labute approximate surface area is 125 Å². The molecule has 6 heteroatoms. The van der Waals surface area contributed by atoms with Gasteiger partial charge in [-0.25, -0.2) is 4.68 Å². The third-order valence-corrected chi connectivity index (χ3v) is 3.85. The smallest absolute Gasteiger partial charge is 0.287 e. The maximum atomic E-state index is 11.7. The third-order valence-electron chi connectivity index (χ3n) is 3.49. The molecule has 20 heavy (non-hydrogen) atoms. The van der Waals surface area contributed by atoms with Gasteiger partial charge in [0.2, 0.25) is 0 Å². The number of nitrogens with one attached hydrogen (secondary N) is 1. The van der Waals surface area contributed by atoms with Gasteiger partial charge in [-0.05, 0) is 39.4 Å². The summed E-state index contributed by atoms with van der Waals surface area (Å²) in [4.78, 5) is 14.1. The van der Waals surface area contributed by atoms with Gasteiger partial charge in [0.25, 0.3) is 5.56 Å². The molecule has 0 amide bonds. The molecule has 0 aromatic carbocycles. The molecule has 5 nitrogen and oxygen atoms in total. The second-order valence-corrected chi connectivity index (χ2v) is 5.39. The zero-order valence-electron chi connectivity index (χ0n) is 12.8. The fourth-order valence-corrected chi connectivity index (χ4v) is 2.34. The van der Waals surface area contributed by atoms with Crippen molar-refractivity contribution in [2.75, 3.05) is 25.0 Å². The van der Waals surface area contributed by atoms with E-state index in [2.05, 4.69) is 36.1 Å². The highest BCUT2D eigenvalue weighted by molar-refractivity contribution is 6.32. The number of nitrogens with zero attached hydrogens (tertiary/aromatic N) is 3. The van der Waals surface area contributed by atoms with E-state index in [9.17, 15) is 4.79 Å². The summed E-state index contributed by atoms with van der Waals surface area (Å²) < 4.78 is 1.23. The maximum absolute atomic E-state index is 11.7. The van der Waals surface area contributed by atoms with Crippen LogP contribution in [0.3, 0.4) is 0 Å². The molecule has 0 aliphatic rings. The number of rotatable bonds is 8. The van der Waals surface area contributed by atoms with Crippen LogP contribution < -0.4 is 10.9 Å². The van der Waals surface area contributed by atoms with Crippen molar-refractivity contribution < 1.29 is 0 Å². The molecule has 0 fully saturated rings. The van der Waals surface area contributed by atoms with E-state index in [1.807, 2.05) is 0 Å². The minimum Gasteiger partial charge on any atom is -0.380 e. The van der Waals surface area contributed by atoms with E-state index in [-0.39, 0.29) is 16.6 Å². The topological polar surface area (TPSA) is 50.2 Å². The molecule has 1 N–H and O–H groups in total. The monoisotopic (exact) mass is 300 g/mol. The molecule has 0 bridgehead atoms. The highest BCUT2D eigenvalue weighted by Gasteiger charge is 2.10. The zero-order chi connectivity index (χ0) is 15.1. The molecule has 114 valence electrons. The number of anilines is 1. The first-order valence-electron chi connectivity index (χ1n) is 7.20. The molecular formula is C14H25ClN4O. The van der Waals surface area contributed by atoms with Gasteiger partial charge in [-0.15, -0.1) is 0 Å². The lowest BCUT2D eigenvalue weighted by Crippen LogP contribution is -2.26. The van der Waals surface area contributed by atoms with Crippen molar-refractivity contribution in [1.82, 2.24) is 14.7 Å². The Morgan fingerprint density at radius 2 is 2.10 bits per heavy atom. The predicted octanol–water partition coefficient (Wildman–Crippen LogP) is 2.36. The second-order valence-electron chi connectivity index (χ2n) is 5.02. The Morgan fingerprint density at radius 1 is 1.45 bits per heavy atom. The van der Waals surface area contributed by atoms with Crippen molar-refractivity contribution in [3.8, 4) is 0 Å². The largest absolute Gasteiger partial charge is 0.380 e. The van der Waals surface area contributed by atoms with Crippen LogP contribution >= 0.6 is 11.6 Å². The fraction of sp³-hybridized carbons (Fsp3) is 0.714. The molecule has 1 unspecified atom stereocenters. The predicted molar refractivity (Wildman–Crippen MR) is 84.6 cm³/mol. The normalized spacial score (nSPS) is 12.7. The molecule has 1 heterocycles. The van der Waals surface area contributed by atoms with Crippen LogP contribution in [0.5, 0.6) is 0 Å². The van der Waals surface area contributed by atoms with Gasteiger partial charge in [-0.2, -0.15) is 5.10 Å². The number of hydrogen-bond donors (Lipinski definition) is 1. The van der Waals surface area contributed by atoms with Crippen LogP contribution in [0.25, 0.3) is 0 Å². The quantitative estimate of drug-likeness (QED) is 0.801. The summed E-state index contributed by atoms with van der Waals surface area (Å²) in [6.07, 6.45) is 3.75. The Hall–Kier alpha value is -1.07. The van der Waals surface area contributed by atoms with Crippen LogP contribution in [0.15, 0.2) is 11.0 Å². The van der Waals surface area contributed by atoms with Gasteiger partial charge in [0.05, 0.1) is 11.9 Å². The molecule has 0 aliphatic heterocycles. The summed E-state index contributed by atoms with van der Waals surface area (Å²) >= 11 is 6.03. The van der Waals surface area contributed by atoms with E-state index >= 15 is 0 Å². The molecular weight excluding hydrogens is 276 g/mol. The lowest BCUT2D eigenvalue weighted by Gasteiger charge is -2.20. The lowest BCUT2D eigenvalue weighted by molar-refractivity contribution is 0.295. The average Bonchev–Trinajstić information content (AvgIpc) is 2.44. The highest BCUT2D eigenvalue weighted by Crippen LogP contribution is 2.17. The molecule has 1 aromatic heterocycles. The van der Waals surface area contributed by atoms with Gasteiger partial charge in [0, 0.05) is 13.1 Å². The van der Waals surface area contributed by atoms with Crippen LogP contribution in [0.2, 0.25) is 5.02 Å². The zero-order valence-corrected chi connectivity index (χ0v) is 13.6. The molecule has 0 saturated heterocycles. The van der Waals surface area contributed by atoms with Crippen molar-refractivity contribution >= 4 is 17.3 Å². The van der Waals surface area contributed by atoms with Crippen LogP contribution in [-0.2, 0) is 7.05 Å². The molecule has 1 atom stereocenters. The van der Waals surface area contributed by atoms with Gasteiger partial charge in [-0.1, -0.05) is 25.4 Å². The van der Waals surface area contributed by atoms with E-state index in [4.69, 9.17) is 11.6 Å². The summed E-state index contributed by atoms with van der Waals surface area (Å²) in [7, 11) is 1.59. The number of aryl methyl sites for hydroxylation is 1. The Balaban J connectivity index is 2.49. The summed E-state index contributed by atoms with van der Waals surface area (Å²) in [5, 5.41) is 7.44. The third kappa shape index (κ3) is 4.80. The van der Waals surface area contributed by atoms with E-state index in [1.165, 1.54) is 4.68 Å². The first kappa shape index (κ1) is 17.0. The second kappa shape index (κ2) is 8.27. The Morgan fingerprint density at radius 3 is 2.70 bits per heavy atom. The molecule has 1 rings (SSSR count). The molecule has 0 aliphatic carbocycles. The Bertz CT molecular complexity index is 471. The minimum absolute atomic E-state index is 0.207. The molecule has 1 aromatic rings. The van der Waals surface area contributed by atoms with Crippen molar-refractivity contribution in [2.24, 2.45) is 7.05 Å². The maximum Gasteiger partial charge on any atom is 0.287 e. The first-order valence-corrected chi connectivity index (χ1v) is 7.58. The first-order chi connectivity index (χ1) is 9.49. The number of aromatic nitrogens is 2. The highest BCUT2D eigenvalue weighted by atomic mass is 35.5. The van der Waals surface area contributed by atoms with Gasteiger partial charge in [0.1, 0.15) is 5.02 Å². The minimum atomic E-state index is -0.271. The number of hydrogen-bond acceptors (Lipinski definition) is 4. The molecule has 0 spiro atoms. The van der Waals surface area contributed by atoms with Gasteiger partial charge in [-0.3, -0.25) is 4.79 Å².